The monoisotopic (exact) mass is 335 g/mol. The zero-order valence-corrected chi connectivity index (χ0v) is 13.6. The third kappa shape index (κ3) is 5.57. The zero-order chi connectivity index (χ0) is 16.7. The first-order valence-electron chi connectivity index (χ1n) is 7.53. The Morgan fingerprint density at radius 2 is 2.00 bits per heavy atom. The topological polar surface area (TPSA) is 38.3 Å². The van der Waals surface area contributed by atoms with Gasteiger partial charge in [-0.1, -0.05) is 36.7 Å². The molecule has 0 aromatic heterocycles. The normalized spacial score (nSPS) is 11.8. The average molecular weight is 336 g/mol. The van der Waals surface area contributed by atoms with Gasteiger partial charge in [-0.3, -0.25) is 4.79 Å². The Morgan fingerprint density at radius 1 is 1.26 bits per heavy atom. The smallest absolute Gasteiger partial charge is 0.261 e. The van der Waals surface area contributed by atoms with Crippen molar-refractivity contribution in [2.45, 2.75) is 25.9 Å². The summed E-state index contributed by atoms with van der Waals surface area (Å²) in [7, 11) is 0. The third-order valence-electron chi connectivity index (χ3n) is 3.36. The first-order valence-corrected chi connectivity index (χ1v) is 7.90. The summed E-state index contributed by atoms with van der Waals surface area (Å²) in [6.07, 6.45) is 0.621. The van der Waals surface area contributed by atoms with E-state index in [9.17, 15) is 9.18 Å². The number of amides is 1. The van der Waals surface area contributed by atoms with Crippen molar-refractivity contribution in [2.24, 2.45) is 0 Å². The van der Waals surface area contributed by atoms with E-state index < -0.39 is 6.10 Å². The molecule has 0 aliphatic carbocycles. The Balaban J connectivity index is 1.83. The van der Waals surface area contributed by atoms with E-state index in [0.29, 0.717) is 30.2 Å². The van der Waals surface area contributed by atoms with E-state index in [1.54, 1.807) is 36.4 Å². The molecule has 0 fully saturated rings. The molecule has 0 aliphatic heterocycles. The molecule has 1 amide bonds. The van der Waals surface area contributed by atoms with Crippen LogP contribution < -0.4 is 10.1 Å². The van der Waals surface area contributed by atoms with Crippen molar-refractivity contribution in [1.29, 1.82) is 0 Å². The maximum absolute atomic E-state index is 12.8. The van der Waals surface area contributed by atoms with Crippen LogP contribution in [0.5, 0.6) is 5.75 Å². The molecular formula is C18H19ClFNO2. The molecule has 1 unspecified atom stereocenters. The van der Waals surface area contributed by atoms with Crippen LogP contribution in [-0.4, -0.2) is 18.6 Å². The van der Waals surface area contributed by atoms with Crippen LogP contribution in [0.3, 0.4) is 0 Å². The Bertz CT molecular complexity index is 646. The minimum atomic E-state index is -0.568. The number of nitrogens with one attached hydrogen (secondary N) is 1. The quantitative estimate of drug-likeness (QED) is 0.830. The van der Waals surface area contributed by atoms with Gasteiger partial charge in [0.15, 0.2) is 6.10 Å². The predicted molar refractivity (Wildman–Crippen MR) is 89.3 cm³/mol. The average Bonchev–Trinajstić information content (AvgIpc) is 2.54. The van der Waals surface area contributed by atoms with Gasteiger partial charge in [0.1, 0.15) is 11.6 Å². The molecule has 0 saturated carbocycles. The number of halogens is 2. The Labute approximate surface area is 140 Å². The number of hydrogen-bond donors (Lipinski definition) is 1. The summed E-state index contributed by atoms with van der Waals surface area (Å²) in [6.45, 7) is 2.36. The predicted octanol–water partition coefficient (Wildman–Crippen LogP) is 4.00. The molecule has 0 saturated heterocycles. The molecule has 1 N–H and O–H groups in total. The van der Waals surface area contributed by atoms with Gasteiger partial charge in [-0.25, -0.2) is 4.39 Å². The third-order valence-corrected chi connectivity index (χ3v) is 3.60. The van der Waals surface area contributed by atoms with E-state index in [0.717, 1.165) is 5.56 Å². The highest BCUT2D eigenvalue weighted by molar-refractivity contribution is 6.30. The molecule has 0 radical (unpaired) electrons. The Morgan fingerprint density at radius 3 is 2.65 bits per heavy atom. The maximum Gasteiger partial charge on any atom is 0.261 e. The highest BCUT2D eigenvalue weighted by atomic mass is 35.5. The van der Waals surface area contributed by atoms with Gasteiger partial charge in [-0.05, 0) is 48.7 Å². The SMILES string of the molecule is CCC(Oc1cccc(Cl)c1)C(=O)NCCc1ccc(F)cc1. The van der Waals surface area contributed by atoms with Gasteiger partial charge in [0.25, 0.3) is 5.91 Å². The summed E-state index contributed by atoms with van der Waals surface area (Å²) in [5, 5.41) is 3.40. The summed E-state index contributed by atoms with van der Waals surface area (Å²) < 4.78 is 18.5. The summed E-state index contributed by atoms with van der Waals surface area (Å²) in [5.74, 6) is 0.131. The van der Waals surface area contributed by atoms with Gasteiger partial charge in [0, 0.05) is 11.6 Å². The lowest BCUT2D eigenvalue weighted by molar-refractivity contribution is -0.128. The second-order valence-corrected chi connectivity index (χ2v) is 5.58. The van der Waals surface area contributed by atoms with Gasteiger partial charge in [0.05, 0.1) is 0 Å². The highest BCUT2D eigenvalue weighted by Crippen LogP contribution is 2.19. The summed E-state index contributed by atoms with van der Waals surface area (Å²) in [6, 6.07) is 13.2. The lowest BCUT2D eigenvalue weighted by Gasteiger charge is -2.17. The van der Waals surface area contributed by atoms with Crippen molar-refractivity contribution in [3.63, 3.8) is 0 Å². The fourth-order valence-electron chi connectivity index (χ4n) is 2.12. The summed E-state index contributed by atoms with van der Waals surface area (Å²) in [5.41, 5.74) is 0.968. The minimum absolute atomic E-state index is 0.172. The Hall–Kier alpha value is -2.07. The number of hydrogen-bond acceptors (Lipinski definition) is 2. The van der Waals surface area contributed by atoms with Crippen LogP contribution in [0.1, 0.15) is 18.9 Å². The van der Waals surface area contributed by atoms with Crippen molar-refractivity contribution >= 4 is 17.5 Å². The van der Waals surface area contributed by atoms with Crippen LogP contribution in [0, 0.1) is 5.82 Å². The molecule has 0 bridgehead atoms. The fourth-order valence-corrected chi connectivity index (χ4v) is 2.30. The lowest BCUT2D eigenvalue weighted by atomic mass is 10.1. The van der Waals surface area contributed by atoms with Crippen LogP contribution in [0.4, 0.5) is 4.39 Å². The molecule has 3 nitrogen and oxygen atoms in total. The van der Waals surface area contributed by atoms with Crippen LogP contribution in [0.25, 0.3) is 0 Å². The van der Waals surface area contributed by atoms with Crippen LogP contribution in [-0.2, 0) is 11.2 Å². The van der Waals surface area contributed by atoms with E-state index in [-0.39, 0.29) is 11.7 Å². The van der Waals surface area contributed by atoms with Gasteiger partial charge in [0.2, 0.25) is 0 Å². The number of benzene rings is 2. The summed E-state index contributed by atoms with van der Waals surface area (Å²) in [4.78, 5) is 12.2. The number of carbonyl (C=O) groups excluding carboxylic acids is 1. The second-order valence-electron chi connectivity index (χ2n) is 5.14. The first kappa shape index (κ1) is 17.3. The minimum Gasteiger partial charge on any atom is -0.481 e. The fraction of sp³-hybridized carbons (Fsp3) is 0.278. The van der Waals surface area contributed by atoms with Crippen LogP contribution >= 0.6 is 11.6 Å². The van der Waals surface area contributed by atoms with Crippen LogP contribution in [0.2, 0.25) is 5.02 Å². The van der Waals surface area contributed by atoms with Crippen LogP contribution in [0.15, 0.2) is 48.5 Å². The molecule has 23 heavy (non-hydrogen) atoms. The van der Waals surface area contributed by atoms with Crippen molar-refractivity contribution < 1.29 is 13.9 Å². The second kappa shape index (κ2) is 8.53. The molecule has 2 aromatic carbocycles. The Kier molecular flexibility index (Phi) is 6.41. The number of rotatable bonds is 7. The molecule has 122 valence electrons. The van der Waals surface area contributed by atoms with Crippen molar-refractivity contribution in [1.82, 2.24) is 5.32 Å². The largest absolute Gasteiger partial charge is 0.481 e. The van der Waals surface area contributed by atoms with Crippen molar-refractivity contribution in [2.75, 3.05) is 6.54 Å². The van der Waals surface area contributed by atoms with E-state index in [4.69, 9.17) is 16.3 Å². The number of ether oxygens (including phenoxy) is 1. The number of carbonyl (C=O) groups is 1. The van der Waals surface area contributed by atoms with E-state index in [1.807, 2.05) is 6.92 Å². The van der Waals surface area contributed by atoms with Gasteiger partial charge in [-0.2, -0.15) is 0 Å². The first-order chi connectivity index (χ1) is 11.1. The molecule has 2 aromatic rings. The molecule has 0 heterocycles. The van der Waals surface area contributed by atoms with E-state index in [1.165, 1.54) is 12.1 Å². The molecule has 0 aliphatic rings. The maximum atomic E-state index is 12.8. The zero-order valence-electron chi connectivity index (χ0n) is 12.9. The molecule has 1 atom stereocenters. The summed E-state index contributed by atoms with van der Waals surface area (Å²) >= 11 is 5.91. The van der Waals surface area contributed by atoms with Gasteiger partial charge in [-0.15, -0.1) is 0 Å². The lowest BCUT2D eigenvalue weighted by Crippen LogP contribution is -2.38. The highest BCUT2D eigenvalue weighted by Gasteiger charge is 2.17. The van der Waals surface area contributed by atoms with E-state index in [2.05, 4.69) is 5.32 Å². The molecule has 2 rings (SSSR count). The molecular weight excluding hydrogens is 317 g/mol. The molecule has 5 heteroatoms. The standard InChI is InChI=1S/C18H19ClFNO2/c1-2-17(23-16-5-3-4-14(19)12-16)18(22)21-11-10-13-6-8-15(20)9-7-13/h3-9,12,17H,2,10-11H2,1H3,(H,21,22). The van der Waals surface area contributed by atoms with Gasteiger partial charge < -0.3 is 10.1 Å². The molecule has 0 spiro atoms. The van der Waals surface area contributed by atoms with Crippen molar-refractivity contribution in [3.05, 3.63) is 64.9 Å². The van der Waals surface area contributed by atoms with E-state index >= 15 is 0 Å². The van der Waals surface area contributed by atoms with Gasteiger partial charge >= 0.3 is 0 Å². The van der Waals surface area contributed by atoms with Crippen molar-refractivity contribution in [3.8, 4) is 5.75 Å².